The summed E-state index contributed by atoms with van der Waals surface area (Å²) in [5.41, 5.74) is 1.54. The fourth-order valence-electron chi connectivity index (χ4n) is 2.92. The van der Waals surface area contributed by atoms with Crippen LogP contribution in [-0.2, 0) is 0 Å². The maximum atomic E-state index is 12.7. The van der Waals surface area contributed by atoms with Gasteiger partial charge in [-0.15, -0.1) is 0 Å². The summed E-state index contributed by atoms with van der Waals surface area (Å²) in [6.07, 6.45) is 7.93. The summed E-state index contributed by atoms with van der Waals surface area (Å²) < 4.78 is 0. The van der Waals surface area contributed by atoms with E-state index in [1.165, 1.54) is 6.42 Å². The van der Waals surface area contributed by atoms with Gasteiger partial charge in [0.15, 0.2) is 0 Å². The highest BCUT2D eigenvalue weighted by Crippen LogP contribution is 2.23. The van der Waals surface area contributed by atoms with Crippen LogP contribution >= 0.6 is 0 Å². The van der Waals surface area contributed by atoms with Gasteiger partial charge in [0.2, 0.25) is 0 Å². The largest absolute Gasteiger partial charge is 0.379 e. The van der Waals surface area contributed by atoms with Crippen LogP contribution < -0.4 is 5.32 Å². The molecule has 0 spiro atoms. The van der Waals surface area contributed by atoms with Gasteiger partial charge in [-0.25, -0.2) is 0 Å². The summed E-state index contributed by atoms with van der Waals surface area (Å²) >= 11 is 0. The van der Waals surface area contributed by atoms with E-state index in [4.69, 9.17) is 0 Å². The number of carbonyl (C=O) groups is 1. The van der Waals surface area contributed by atoms with Crippen LogP contribution in [-0.4, -0.2) is 33.9 Å². The third-order valence-electron chi connectivity index (χ3n) is 3.86. The van der Waals surface area contributed by atoms with Crippen molar-refractivity contribution >= 4 is 11.6 Å². The minimum absolute atomic E-state index is 0.0412. The molecular formula is C17H27N3O. The molecule has 116 valence electrons. The Bertz CT molecular complexity index is 493. The van der Waals surface area contributed by atoms with Gasteiger partial charge in [0.1, 0.15) is 0 Å². The molecule has 4 heteroatoms. The van der Waals surface area contributed by atoms with Crippen molar-refractivity contribution in [1.29, 1.82) is 0 Å². The molecule has 0 bridgehead atoms. The number of rotatable bonds is 3. The zero-order chi connectivity index (χ0) is 15.5. The fraction of sp³-hybridized carbons (Fsp3) is 0.647. The number of hydrogen-bond acceptors (Lipinski definition) is 3. The van der Waals surface area contributed by atoms with Crippen molar-refractivity contribution in [2.45, 2.75) is 65.0 Å². The van der Waals surface area contributed by atoms with Gasteiger partial charge in [-0.3, -0.25) is 9.78 Å². The van der Waals surface area contributed by atoms with E-state index in [9.17, 15) is 4.79 Å². The van der Waals surface area contributed by atoms with Gasteiger partial charge in [0.05, 0.1) is 11.3 Å². The molecule has 1 fully saturated rings. The number of piperidine rings is 1. The van der Waals surface area contributed by atoms with E-state index < -0.39 is 0 Å². The number of carbonyl (C=O) groups excluding carboxylic acids is 1. The Labute approximate surface area is 127 Å². The monoisotopic (exact) mass is 289 g/mol. The first-order chi connectivity index (χ1) is 9.90. The van der Waals surface area contributed by atoms with Crippen molar-refractivity contribution in [3.8, 4) is 0 Å². The molecule has 0 aromatic carbocycles. The summed E-state index contributed by atoms with van der Waals surface area (Å²) in [6, 6.07) is 2.30. The minimum Gasteiger partial charge on any atom is -0.379 e. The van der Waals surface area contributed by atoms with Crippen LogP contribution in [0.1, 0.15) is 63.7 Å². The van der Waals surface area contributed by atoms with Gasteiger partial charge in [-0.05, 0) is 52.5 Å². The van der Waals surface area contributed by atoms with Crippen LogP contribution in [0.2, 0.25) is 0 Å². The molecule has 21 heavy (non-hydrogen) atoms. The predicted octanol–water partition coefficient (Wildman–Crippen LogP) is 3.70. The molecule has 2 rings (SSSR count). The van der Waals surface area contributed by atoms with Crippen LogP contribution in [0.5, 0.6) is 0 Å². The average molecular weight is 289 g/mol. The molecule has 1 aromatic rings. The molecular weight excluding hydrogens is 262 g/mol. The molecule has 0 saturated carbocycles. The Kier molecular flexibility index (Phi) is 4.86. The van der Waals surface area contributed by atoms with Crippen molar-refractivity contribution in [2.75, 3.05) is 11.9 Å². The molecule has 1 saturated heterocycles. The second kappa shape index (κ2) is 6.46. The molecule has 1 unspecified atom stereocenters. The molecule has 0 aliphatic carbocycles. The number of nitrogens with one attached hydrogen (secondary N) is 1. The van der Waals surface area contributed by atoms with E-state index in [1.54, 1.807) is 12.4 Å². The number of likely N-dealkylation sites (tertiary alicyclic amines) is 1. The average Bonchev–Trinajstić information content (AvgIpc) is 2.45. The van der Waals surface area contributed by atoms with Gasteiger partial charge in [-0.2, -0.15) is 0 Å². The number of amides is 1. The first-order valence-corrected chi connectivity index (χ1v) is 7.95. The lowest BCUT2D eigenvalue weighted by atomic mass is 9.99. The van der Waals surface area contributed by atoms with Gasteiger partial charge >= 0.3 is 0 Å². The van der Waals surface area contributed by atoms with E-state index in [2.05, 4.69) is 38.0 Å². The highest BCUT2D eigenvalue weighted by atomic mass is 16.2. The smallest absolute Gasteiger partial charge is 0.255 e. The fourth-order valence-corrected chi connectivity index (χ4v) is 2.92. The van der Waals surface area contributed by atoms with E-state index in [0.29, 0.717) is 11.6 Å². The highest BCUT2D eigenvalue weighted by Gasteiger charge is 2.26. The van der Waals surface area contributed by atoms with E-state index >= 15 is 0 Å². The van der Waals surface area contributed by atoms with Gasteiger partial charge in [0.25, 0.3) is 5.91 Å². The Morgan fingerprint density at radius 2 is 2.14 bits per heavy atom. The van der Waals surface area contributed by atoms with E-state index in [1.807, 2.05) is 11.0 Å². The number of anilines is 1. The molecule has 1 atom stereocenters. The Morgan fingerprint density at radius 1 is 1.38 bits per heavy atom. The molecule has 1 aliphatic rings. The predicted molar refractivity (Wildman–Crippen MR) is 86.6 cm³/mol. The van der Waals surface area contributed by atoms with Crippen LogP contribution in [0.15, 0.2) is 18.5 Å². The number of aromatic nitrogens is 1. The van der Waals surface area contributed by atoms with Crippen molar-refractivity contribution in [2.24, 2.45) is 0 Å². The molecule has 4 nitrogen and oxygen atoms in total. The molecule has 1 amide bonds. The van der Waals surface area contributed by atoms with Crippen LogP contribution in [0.3, 0.4) is 0 Å². The summed E-state index contributed by atoms with van der Waals surface area (Å²) in [5.74, 6) is 0.117. The zero-order valence-corrected chi connectivity index (χ0v) is 13.6. The minimum atomic E-state index is -0.0412. The highest BCUT2D eigenvalue weighted by molar-refractivity contribution is 5.95. The maximum absolute atomic E-state index is 12.7. The number of hydrogen-bond donors (Lipinski definition) is 1. The molecule has 2 heterocycles. The zero-order valence-electron chi connectivity index (χ0n) is 13.6. The topological polar surface area (TPSA) is 45.2 Å². The lowest BCUT2D eigenvalue weighted by molar-refractivity contribution is 0.0607. The number of pyridine rings is 1. The van der Waals surface area contributed by atoms with E-state index in [-0.39, 0.29) is 11.4 Å². The second-order valence-electron chi connectivity index (χ2n) is 6.89. The van der Waals surface area contributed by atoms with Gasteiger partial charge in [0, 0.05) is 30.5 Å². The van der Waals surface area contributed by atoms with Gasteiger partial charge in [-0.1, -0.05) is 6.92 Å². The molecule has 1 aromatic heterocycles. The quantitative estimate of drug-likeness (QED) is 0.923. The Hall–Kier alpha value is -1.58. The summed E-state index contributed by atoms with van der Waals surface area (Å²) in [5, 5.41) is 3.37. The van der Waals surface area contributed by atoms with Crippen molar-refractivity contribution in [1.82, 2.24) is 9.88 Å². The van der Waals surface area contributed by atoms with Crippen molar-refractivity contribution < 1.29 is 4.79 Å². The Balaban J connectivity index is 2.17. The lowest BCUT2D eigenvalue weighted by Gasteiger charge is -2.35. The van der Waals surface area contributed by atoms with Crippen LogP contribution in [0.25, 0.3) is 0 Å². The van der Waals surface area contributed by atoms with Crippen molar-refractivity contribution in [3.05, 3.63) is 24.0 Å². The molecule has 0 radical (unpaired) electrons. The van der Waals surface area contributed by atoms with Gasteiger partial charge < -0.3 is 10.2 Å². The molecule has 1 aliphatic heterocycles. The summed E-state index contributed by atoms with van der Waals surface area (Å²) in [7, 11) is 0. The maximum Gasteiger partial charge on any atom is 0.255 e. The first kappa shape index (κ1) is 15.8. The van der Waals surface area contributed by atoms with Crippen LogP contribution in [0, 0.1) is 0 Å². The molecule has 1 N–H and O–H groups in total. The first-order valence-electron chi connectivity index (χ1n) is 7.95. The summed E-state index contributed by atoms with van der Waals surface area (Å²) in [4.78, 5) is 19.0. The SMILES string of the molecule is CCC1CCCCN1C(=O)c1cncc(NC(C)(C)C)c1. The Morgan fingerprint density at radius 3 is 2.81 bits per heavy atom. The third-order valence-corrected chi connectivity index (χ3v) is 3.86. The number of nitrogens with zero attached hydrogens (tertiary/aromatic N) is 2. The van der Waals surface area contributed by atoms with Crippen LogP contribution in [0.4, 0.5) is 5.69 Å². The lowest BCUT2D eigenvalue weighted by Crippen LogP contribution is -2.43. The normalized spacial score (nSPS) is 19.4. The third kappa shape index (κ3) is 4.19. The van der Waals surface area contributed by atoms with Crippen molar-refractivity contribution in [3.63, 3.8) is 0 Å². The second-order valence-corrected chi connectivity index (χ2v) is 6.89. The van der Waals surface area contributed by atoms with E-state index in [0.717, 1.165) is 31.5 Å². The summed E-state index contributed by atoms with van der Waals surface area (Å²) in [6.45, 7) is 9.32. The standard InChI is InChI=1S/C17H27N3O/c1-5-15-8-6-7-9-20(15)16(21)13-10-14(12-18-11-13)19-17(2,3)4/h10-12,15,19H,5-9H2,1-4H3.